The predicted octanol–water partition coefficient (Wildman–Crippen LogP) is 0.341. The molecule has 1 aromatic rings. The number of halogens is 1. The number of fused-ring (bicyclic) bond motifs is 1. The van der Waals surface area contributed by atoms with Crippen LogP contribution in [-0.2, 0) is 29.6 Å². The van der Waals surface area contributed by atoms with Gasteiger partial charge in [-0.25, -0.2) is 9.59 Å². The number of aromatic hydroxyl groups is 1. The third kappa shape index (κ3) is 5.76. The molecule has 2 amide bonds. The van der Waals surface area contributed by atoms with Gasteiger partial charge in [0.05, 0.1) is 30.8 Å². The van der Waals surface area contributed by atoms with Crippen molar-refractivity contribution >= 4 is 51.4 Å². The molecule has 1 aromatic carbocycles. The molecule has 0 unspecified atom stereocenters. The molecular formula is C17H19BrN2O8S. The van der Waals surface area contributed by atoms with E-state index in [0.717, 1.165) is 0 Å². The van der Waals surface area contributed by atoms with Gasteiger partial charge in [0, 0.05) is 23.1 Å². The van der Waals surface area contributed by atoms with Crippen molar-refractivity contribution in [3.63, 3.8) is 0 Å². The number of phenolic OH excluding ortho intramolecular Hbond substituents is 1. The first-order chi connectivity index (χ1) is 13.8. The van der Waals surface area contributed by atoms with Crippen LogP contribution in [0.3, 0.4) is 0 Å². The average Bonchev–Trinajstić information content (AvgIpc) is 2.70. The van der Waals surface area contributed by atoms with Crippen LogP contribution in [-0.4, -0.2) is 68.0 Å². The number of nitrogens with one attached hydrogen (secondary N) is 2. The van der Waals surface area contributed by atoms with Crippen LogP contribution < -0.4 is 15.4 Å². The lowest BCUT2D eigenvalue weighted by molar-refractivity contribution is -0.144. The molecule has 1 atom stereocenters. The van der Waals surface area contributed by atoms with E-state index in [1.54, 1.807) is 0 Å². The van der Waals surface area contributed by atoms with E-state index >= 15 is 0 Å². The van der Waals surface area contributed by atoms with Crippen molar-refractivity contribution in [2.75, 3.05) is 33.1 Å². The number of ether oxygens (including phenoxy) is 3. The number of phenols is 1. The molecule has 0 spiro atoms. The zero-order valence-electron chi connectivity index (χ0n) is 15.6. The summed E-state index contributed by atoms with van der Waals surface area (Å²) in [5, 5.41) is 15.1. The Balaban J connectivity index is 2.41. The molecule has 3 N–H and O–H groups in total. The molecule has 29 heavy (non-hydrogen) atoms. The number of benzene rings is 1. The monoisotopic (exact) mass is 490 g/mol. The van der Waals surface area contributed by atoms with Gasteiger partial charge in [-0.3, -0.25) is 9.59 Å². The Bertz CT molecular complexity index is 832. The molecule has 0 saturated heterocycles. The Morgan fingerprint density at radius 2 is 2.03 bits per heavy atom. The number of carbonyl (C=O) groups is 4. The van der Waals surface area contributed by atoms with Gasteiger partial charge in [-0.15, -0.1) is 0 Å². The van der Waals surface area contributed by atoms with E-state index in [1.807, 2.05) is 0 Å². The number of rotatable bonds is 2. The number of hydrogen-bond acceptors (Lipinski definition) is 9. The van der Waals surface area contributed by atoms with Crippen LogP contribution in [0.25, 0.3) is 0 Å². The van der Waals surface area contributed by atoms with E-state index < -0.39 is 42.9 Å². The molecule has 1 heterocycles. The lowest BCUT2D eigenvalue weighted by atomic mass is 10.1. The fourth-order valence-electron chi connectivity index (χ4n) is 2.43. The first-order valence-electron chi connectivity index (χ1n) is 8.25. The molecule has 0 aromatic heterocycles. The maximum Gasteiger partial charge on any atom is 0.340 e. The summed E-state index contributed by atoms with van der Waals surface area (Å²) in [6.45, 7) is -1.03. The van der Waals surface area contributed by atoms with Crippen LogP contribution in [0.1, 0.15) is 15.9 Å². The highest BCUT2D eigenvalue weighted by Crippen LogP contribution is 2.39. The number of methoxy groups -OCH3 is 2. The SMILES string of the molecule is COC(=O)[C@@H]1CSCc2c(O)cc(OC)c(Br)c2C(=O)OCC(=O)NCC(=O)N1. The van der Waals surface area contributed by atoms with Crippen LogP contribution in [0.5, 0.6) is 11.5 Å². The van der Waals surface area contributed by atoms with Crippen molar-refractivity contribution in [3.05, 3.63) is 21.7 Å². The van der Waals surface area contributed by atoms with Crippen LogP contribution in [0.15, 0.2) is 10.5 Å². The van der Waals surface area contributed by atoms with E-state index in [4.69, 9.17) is 9.47 Å². The van der Waals surface area contributed by atoms with Crippen LogP contribution in [0, 0.1) is 0 Å². The van der Waals surface area contributed by atoms with Gasteiger partial charge in [-0.1, -0.05) is 0 Å². The smallest absolute Gasteiger partial charge is 0.340 e. The molecule has 0 aliphatic carbocycles. The summed E-state index contributed by atoms with van der Waals surface area (Å²) in [4.78, 5) is 48.3. The fourth-order valence-corrected chi connectivity index (χ4v) is 4.18. The maximum atomic E-state index is 12.6. The summed E-state index contributed by atoms with van der Waals surface area (Å²) < 4.78 is 15.1. The van der Waals surface area contributed by atoms with Crippen molar-refractivity contribution in [1.29, 1.82) is 0 Å². The molecule has 0 radical (unpaired) electrons. The quantitative estimate of drug-likeness (QED) is 0.500. The van der Waals surface area contributed by atoms with Crippen molar-refractivity contribution in [3.8, 4) is 11.5 Å². The van der Waals surface area contributed by atoms with Crippen molar-refractivity contribution in [2.45, 2.75) is 11.8 Å². The third-order valence-corrected chi connectivity index (χ3v) is 5.72. The standard InChI is InChI=1S/C17H19BrN2O8S/c1-26-11-3-10(21)8-6-29-7-9(16(24)27-2)20-12(22)4-19-13(23)5-28-17(25)14(8)15(11)18/h3,9,21H,4-7H2,1-2H3,(H,19,23)(H,20,22)/t9-/m0/s1. The fraction of sp³-hybridized carbons (Fsp3) is 0.412. The molecule has 0 fully saturated rings. The van der Waals surface area contributed by atoms with Gasteiger partial charge < -0.3 is 30.0 Å². The van der Waals surface area contributed by atoms with Gasteiger partial charge in [-0.05, 0) is 15.9 Å². The number of amides is 2. The number of carbonyl (C=O) groups excluding carboxylic acids is 4. The minimum Gasteiger partial charge on any atom is -0.507 e. The second-order valence-corrected chi connectivity index (χ2v) is 7.60. The van der Waals surface area contributed by atoms with E-state index in [-0.39, 0.29) is 38.6 Å². The Labute approximate surface area is 178 Å². The number of hydrogen-bond donors (Lipinski definition) is 3. The van der Waals surface area contributed by atoms with Gasteiger partial charge in [-0.2, -0.15) is 11.8 Å². The summed E-state index contributed by atoms with van der Waals surface area (Å²) >= 11 is 4.44. The first kappa shape index (κ1) is 22.8. The molecule has 1 aliphatic rings. The van der Waals surface area contributed by atoms with Gasteiger partial charge in [0.1, 0.15) is 17.5 Å². The zero-order valence-corrected chi connectivity index (χ0v) is 18.0. The lowest BCUT2D eigenvalue weighted by Gasteiger charge is -2.19. The predicted molar refractivity (Wildman–Crippen MR) is 106 cm³/mol. The summed E-state index contributed by atoms with van der Waals surface area (Å²) in [5.41, 5.74) is 0.220. The summed E-state index contributed by atoms with van der Waals surface area (Å²) in [7, 11) is 2.55. The van der Waals surface area contributed by atoms with Gasteiger partial charge >= 0.3 is 11.9 Å². The van der Waals surface area contributed by atoms with E-state index in [2.05, 4.69) is 31.3 Å². The zero-order chi connectivity index (χ0) is 21.6. The van der Waals surface area contributed by atoms with E-state index in [9.17, 15) is 24.3 Å². The lowest BCUT2D eigenvalue weighted by Crippen LogP contribution is -2.47. The van der Waals surface area contributed by atoms with Crippen LogP contribution in [0.2, 0.25) is 0 Å². The second kappa shape index (κ2) is 10.3. The highest BCUT2D eigenvalue weighted by molar-refractivity contribution is 9.10. The van der Waals surface area contributed by atoms with Gasteiger partial charge in [0.15, 0.2) is 6.61 Å². The molecule has 158 valence electrons. The molecule has 2 rings (SSSR count). The minimum atomic E-state index is -0.975. The molecule has 0 saturated carbocycles. The summed E-state index contributed by atoms with van der Waals surface area (Å²) in [6.07, 6.45) is 0. The van der Waals surface area contributed by atoms with Crippen LogP contribution in [0.4, 0.5) is 0 Å². The molecule has 12 heteroatoms. The Kier molecular flexibility index (Phi) is 8.14. The number of thioether (sulfide) groups is 1. The molecule has 0 bridgehead atoms. The average molecular weight is 491 g/mol. The molecule has 10 nitrogen and oxygen atoms in total. The minimum absolute atomic E-state index is 0.00198. The normalized spacial score (nSPS) is 18.4. The highest BCUT2D eigenvalue weighted by Gasteiger charge is 2.27. The second-order valence-electron chi connectivity index (χ2n) is 5.78. The van der Waals surface area contributed by atoms with Gasteiger partial charge in [0.2, 0.25) is 5.91 Å². The topological polar surface area (TPSA) is 140 Å². The third-order valence-electron chi connectivity index (χ3n) is 3.87. The number of cyclic esters (lactones) is 1. The highest BCUT2D eigenvalue weighted by atomic mass is 79.9. The van der Waals surface area contributed by atoms with Gasteiger partial charge in [0.25, 0.3) is 5.91 Å². The van der Waals surface area contributed by atoms with E-state index in [0.29, 0.717) is 0 Å². The number of esters is 2. The largest absolute Gasteiger partial charge is 0.507 e. The first-order valence-corrected chi connectivity index (χ1v) is 10.2. The molecule has 1 aliphatic heterocycles. The Hall–Kier alpha value is -2.47. The van der Waals surface area contributed by atoms with Crippen molar-refractivity contribution in [2.24, 2.45) is 0 Å². The van der Waals surface area contributed by atoms with Crippen LogP contribution >= 0.6 is 27.7 Å². The maximum absolute atomic E-state index is 12.6. The summed E-state index contributed by atoms with van der Waals surface area (Å²) in [5.74, 6) is -2.65. The summed E-state index contributed by atoms with van der Waals surface area (Å²) in [6, 6.07) is 0.350. The molecular weight excluding hydrogens is 472 g/mol. The van der Waals surface area contributed by atoms with Crippen molar-refractivity contribution in [1.82, 2.24) is 10.6 Å². The van der Waals surface area contributed by atoms with Crippen molar-refractivity contribution < 1.29 is 38.5 Å². The Morgan fingerprint density at radius 3 is 2.69 bits per heavy atom. The van der Waals surface area contributed by atoms with E-state index in [1.165, 1.54) is 32.0 Å². The Morgan fingerprint density at radius 1 is 1.31 bits per heavy atom.